The SMILES string of the molecule is Cc1cn([C@@H]2O[C@H](CO)[C@@H](O)[C@H](O)[C@H]2O)c(=O)[nH]c1=O. The van der Waals surface area contributed by atoms with Crippen molar-refractivity contribution in [3.63, 3.8) is 0 Å². The fraction of sp³-hybridized carbons (Fsp3) is 0.636. The largest absolute Gasteiger partial charge is 0.394 e. The number of rotatable bonds is 2. The molecule has 0 radical (unpaired) electrons. The minimum atomic E-state index is -1.59. The highest BCUT2D eigenvalue weighted by molar-refractivity contribution is 5.03. The Morgan fingerprint density at radius 3 is 2.50 bits per heavy atom. The van der Waals surface area contributed by atoms with Crippen molar-refractivity contribution in [3.8, 4) is 0 Å². The predicted molar refractivity (Wildman–Crippen MR) is 65.1 cm³/mol. The van der Waals surface area contributed by atoms with Crippen LogP contribution >= 0.6 is 0 Å². The molecular weight excluding hydrogens is 272 g/mol. The molecule has 2 rings (SSSR count). The van der Waals surface area contributed by atoms with Crippen molar-refractivity contribution in [2.24, 2.45) is 0 Å². The van der Waals surface area contributed by atoms with Gasteiger partial charge in [-0.15, -0.1) is 0 Å². The lowest BCUT2D eigenvalue weighted by molar-refractivity contribution is -0.252. The van der Waals surface area contributed by atoms with Crippen molar-refractivity contribution in [1.82, 2.24) is 9.55 Å². The van der Waals surface area contributed by atoms with Gasteiger partial charge in [-0.2, -0.15) is 0 Å². The lowest BCUT2D eigenvalue weighted by Gasteiger charge is -2.40. The minimum absolute atomic E-state index is 0.210. The number of aromatic nitrogens is 2. The van der Waals surface area contributed by atoms with Crippen LogP contribution in [0.1, 0.15) is 11.8 Å². The highest BCUT2D eigenvalue weighted by Gasteiger charge is 2.44. The summed E-state index contributed by atoms with van der Waals surface area (Å²) in [6, 6.07) is 0. The zero-order chi connectivity index (χ0) is 15.0. The van der Waals surface area contributed by atoms with Gasteiger partial charge in [0.15, 0.2) is 6.23 Å². The molecule has 1 aromatic heterocycles. The molecule has 1 aliphatic heterocycles. The summed E-state index contributed by atoms with van der Waals surface area (Å²) in [5.74, 6) is 0. The smallest absolute Gasteiger partial charge is 0.330 e. The average Bonchev–Trinajstić information content (AvgIpc) is 2.41. The van der Waals surface area contributed by atoms with Crippen LogP contribution in [-0.4, -0.2) is 61.0 Å². The van der Waals surface area contributed by atoms with E-state index < -0.39 is 48.5 Å². The molecule has 112 valence electrons. The maximum Gasteiger partial charge on any atom is 0.330 e. The Hall–Kier alpha value is -1.52. The number of nitrogens with one attached hydrogen (secondary N) is 1. The van der Waals surface area contributed by atoms with Gasteiger partial charge < -0.3 is 25.2 Å². The topological polar surface area (TPSA) is 145 Å². The van der Waals surface area contributed by atoms with Gasteiger partial charge in [0.1, 0.15) is 24.4 Å². The number of aliphatic hydroxyl groups is 4. The Morgan fingerprint density at radius 2 is 1.90 bits per heavy atom. The molecule has 9 nitrogen and oxygen atoms in total. The zero-order valence-electron chi connectivity index (χ0n) is 10.6. The molecule has 0 amide bonds. The van der Waals surface area contributed by atoms with E-state index in [4.69, 9.17) is 9.84 Å². The highest BCUT2D eigenvalue weighted by atomic mass is 16.6. The molecule has 0 aromatic carbocycles. The Kier molecular flexibility index (Phi) is 4.06. The normalized spacial score (nSPS) is 34.1. The Bertz CT molecular complexity index is 593. The summed E-state index contributed by atoms with van der Waals surface area (Å²) in [5.41, 5.74) is -1.19. The molecule has 2 heterocycles. The first-order valence-electron chi connectivity index (χ1n) is 5.99. The molecule has 1 aromatic rings. The van der Waals surface area contributed by atoms with Gasteiger partial charge >= 0.3 is 5.69 Å². The zero-order valence-corrected chi connectivity index (χ0v) is 10.6. The molecule has 9 heteroatoms. The standard InChI is InChI=1S/C11H16N2O7/c1-4-2-13(11(19)12-9(4)18)10-8(17)7(16)6(15)5(3-14)20-10/h2,5-8,10,14-17H,3H2,1H3,(H,12,18,19)/t5-,6-,7+,8-,10-/m1/s1. The first-order valence-corrected chi connectivity index (χ1v) is 5.99. The fourth-order valence-corrected chi connectivity index (χ4v) is 2.09. The number of aryl methyl sites for hydroxylation is 1. The molecule has 1 fully saturated rings. The van der Waals surface area contributed by atoms with Crippen molar-refractivity contribution in [2.45, 2.75) is 37.6 Å². The van der Waals surface area contributed by atoms with E-state index in [2.05, 4.69) is 0 Å². The van der Waals surface area contributed by atoms with E-state index in [1.807, 2.05) is 4.98 Å². The number of ether oxygens (including phenoxy) is 1. The third-order valence-corrected chi connectivity index (χ3v) is 3.29. The molecular formula is C11H16N2O7. The number of aromatic amines is 1. The van der Waals surface area contributed by atoms with Crippen molar-refractivity contribution in [1.29, 1.82) is 0 Å². The third-order valence-electron chi connectivity index (χ3n) is 3.29. The summed E-state index contributed by atoms with van der Waals surface area (Å²) in [7, 11) is 0. The van der Waals surface area contributed by atoms with Crippen LogP contribution < -0.4 is 11.2 Å². The molecule has 0 bridgehead atoms. The van der Waals surface area contributed by atoms with E-state index in [1.165, 1.54) is 13.1 Å². The van der Waals surface area contributed by atoms with E-state index >= 15 is 0 Å². The first-order chi connectivity index (χ1) is 9.36. The first kappa shape index (κ1) is 14.9. The van der Waals surface area contributed by atoms with Crippen molar-refractivity contribution < 1.29 is 25.2 Å². The van der Waals surface area contributed by atoms with E-state index in [1.54, 1.807) is 0 Å². The van der Waals surface area contributed by atoms with E-state index in [0.717, 1.165) is 4.57 Å². The molecule has 5 atom stereocenters. The van der Waals surface area contributed by atoms with Gasteiger partial charge in [0.25, 0.3) is 5.56 Å². The van der Waals surface area contributed by atoms with Gasteiger partial charge in [0, 0.05) is 11.8 Å². The van der Waals surface area contributed by atoms with Crippen LogP contribution in [0.4, 0.5) is 0 Å². The minimum Gasteiger partial charge on any atom is -0.394 e. The number of nitrogens with zero attached hydrogens (tertiary/aromatic N) is 1. The van der Waals surface area contributed by atoms with Crippen LogP contribution in [0.3, 0.4) is 0 Å². The van der Waals surface area contributed by atoms with Crippen LogP contribution in [-0.2, 0) is 4.74 Å². The monoisotopic (exact) mass is 288 g/mol. The van der Waals surface area contributed by atoms with Gasteiger partial charge in [-0.05, 0) is 6.92 Å². The summed E-state index contributed by atoms with van der Waals surface area (Å²) in [5, 5.41) is 38.3. The number of hydrogen-bond donors (Lipinski definition) is 5. The van der Waals surface area contributed by atoms with E-state index in [-0.39, 0.29) is 5.56 Å². The summed E-state index contributed by atoms with van der Waals surface area (Å²) in [6.07, 6.45) is -5.97. The van der Waals surface area contributed by atoms with Crippen LogP contribution in [0, 0.1) is 6.92 Å². The molecule has 20 heavy (non-hydrogen) atoms. The lowest BCUT2D eigenvalue weighted by atomic mass is 9.98. The second kappa shape index (κ2) is 5.46. The molecule has 1 aliphatic rings. The van der Waals surface area contributed by atoms with Gasteiger partial charge in [-0.3, -0.25) is 14.3 Å². The molecule has 0 spiro atoms. The van der Waals surface area contributed by atoms with Crippen molar-refractivity contribution in [2.75, 3.05) is 6.61 Å². The van der Waals surface area contributed by atoms with Crippen LogP contribution in [0.5, 0.6) is 0 Å². The maximum atomic E-state index is 11.7. The second-order valence-corrected chi connectivity index (χ2v) is 4.70. The maximum absolute atomic E-state index is 11.7. The Morgan fingerprint density at radius 1 is 1.25 bits per heavy atom. The molecule has 1 saturated heterocycles. The second-order valence-electron chi connectivity index (χ2n) is 4.70. The summed E-state index contributed by atoms with van der Waals surface area (Å²) >= 11 is 0. The van der Waals surface area contributed by atoms with Crippen molar-refractivity contribution in [3.05, 3.63) is 32.6 Å². The molecule has 0 aliphatic carbocycles. The summed E-state index contributed by atoms with van der Waals surface area (Å²) in [4.78, 5) is 25.1. The summed E-state index contributed by atoms with van der Waals surface area (Å²) < 4.78 is 6.13. The summed E-state index contributed by atoms with van der Waals surface area (Å²) in [6.45, 7) is 0.858. The lowest BCUT2D eigenvalue weighted by Crippen LogP contribution is -2.58. The Labute approximate surface area is 112 Å². The number of aliphatic hydroxyl groups excluding tert-OH is 4. The average molecular weight is 288 g/mol. The highest BCUT2D eigenvalue weighted by Crippen LogP contribution is 2.27. The van der Waals surface area contributed by atoms with Gasteiger partial charge in [0.05, 0.1) is 6.61 Å². The van der Waals surface area contributed by atoms with Crippen LogP contribution in [0.2, 0.25) is 0 Å². The van der Waals surface area contributed by atoms with E-state index in [9.17, 15) is 24.9 Å². The van der Waals surface area contributed by atoms with Crippen LogP contribution in [0.15, 0.2) is 15.8 Å². The molecule has 5 N–H and O–H groups in total. The number of hydrogen-bond acceptors (Lipinski definition) is 7. The van der Waals surface area contributed by atoms with Gasteiger partial charge in [-0.25, -0.2) is 4.79 Å². The van der Waals surface area contributed by atoms with E-state index in [0.29, 0.717) is 0 Å². The third kappa shape index (κ3) is 2.41. The number of H-pyrrole nitrogens is 1. The fourth-order valence-electron chi connectivity index (χ4n) is 2.09. The van der Waals surface area contributed by atoms with Crippen molar-refractivity contribution >= 4 is 0 Å². The Balaban J connectivity index is 2.44. The molecule has 0 unspecified atom stereocenters. The predicted octanol–water partition coefficient (Wildman–Crippen LogP) is -3.18. The molecule has 0 saturated carbocycles. The van der Waals surface area contributed by atoms with Gasteiger partial charge in [-0.1, -0.05) is 0 Å². The quantitative estimate of drug-likeness (QED) is 0.385. The van der Waals surface area contributed by atoms with Gasteiger partial charge in [0.2, 0.25) is 0 Å². The van der Waals surface area contributed by atoms with Crippen LogP contribution in [0.25, 0.3) is 0 Å².